The molecular weight excluding hydrogens is 194 g/mol. The number of hydrogen-bond acceptors (Lipinski definition) is 4. The van der Waals surface area contributed by atoms with Gasteiger partial charge < -0.3 is 0 Å². The Kier molecular flexibility index (Phi) is 2.73. The molecule has 4 heteroatoms. The summed E-state index contributed by atoms with van der Waals surface area (Å²) < 4.78 is 1.20. The van der Waals surface area contributed by atoms with E-state index in [4.69, 9.17) is 5.26 Å². The Hall–Kier alpha value is -1.44. The van der Waals surface area contributed by atoms with Gasteiger partial charge in [-0.15, -0.1) is 11.3 Å². The van der Waals surface area contributed by atoms with Gasteiger partial charge in [-0.05, 0) is 12.1 Å². The highest BCUT2D eigenvalue weighted by molar-refractivity contribution is 7.18. The Morgan fingerprint density at radius 2 is 2.29 bits per heavy atom. The van der Waals surface area contributed by atoms with E-state index >= 15 is 0 Å². The van der Waals surface area contributed by atoms with Crippen LogP contribution in [0.1, 0.15) is 5.01 Å². The van der Waals surface area contributed by atoms with Gasteiger partial charge in [0.1, 0.15) is 5.01 Å². The summed E-state index contributed by atoms with van der Waals surface area (Å²) in [6.07, 6.45) is 0. The maximum Gasteiger partial charge on any atom is 0.108 e. The molecule has 14 heavy (non-hydrogen) atoms. The summed E-state index contributed by atoms with van der Waals surface area (Å²) in [7, 11) is 0. The number of nitriles is 1. The first kappa shape index (κ1) is 9.13. The van der Waals surface area contributed by atoms with Crippen molar-refractivity contribution in [2.45, 2.75) is 6.54 Å². The van der Waals surface area contributed by atoms with Crippen LogP contribution in [0.15, 0.2) is 24.3 Å². The average Bonchev–Trinajstić information content (AvgIpc) is 2.60. The third-order valence-corrected chi connectivity index (χ3v) is 2.85. The monoisotopic (exact) mass is 203 g/mol. The van der Waals surface area contributed by atoms with Gasteiger partial charge in [0.15, 0.2) is 0 Å². The van der Waals surface area contributed by atoms with Crippen LogP contribution >= 0.6 is 11.3 Å². The van der Waals surface area contributed by atoms with Gasteiger partial charge in [-0.2, -0.15) is 5.26 Å². The third kappa shape index (κ3) is 1.90. The lowest BCUT2D eigenvalue weighted by atomic mass is 10.3. The molecule has 2 aromatic rings. The number of fused-ring (bicyclic) bond motifs is 1. The first-order valence-corrected chi connectivity index (χ1v) is 5.14. The van der Waals surface area contributed by atoms with Crippen molar-refractivity contribution in [3.63, 3.8) is 0 Å². The topological polar surface area (TPSA) is 48.7 Å². The molecule has 2 rings (SSSR count). The first-order chi connectivity index (χ1) is 6.90. The fourth-order valence-corrected chi connectivity index (χ4v) is 2.16. The van der Waals surface area contributed by atoms with Crippen molar-refractivity contribution in [2.24, 2.45) is 0 Å². The van der Waals surface area contributed by atoms with Crippen LogP contribution in [0.5, 0.6) is 0 Å². The molecule has 0 bridgehead atoms. The Balaban J connectivity index is 2.15. The number of nitrogens with one attached hydrogen (secondary N) is 1. The molecule has 0 saturated heterocycles. The fourth-order valence-electron chi connectivity index (χ4n) is 1.22. The molecule has 0 amide bonds. The Morgan fingerprint density at radius 3 is 3.07 bits per heavy atom. The van der Waals surface area contributed by atoms with E-state index in [1.54, 1.807) is 11.3 Å². The second-order valence-corrected chi connectivity index (χ2v) is 3.95. The van der Waals surface area contributed by atoms with Crippen LogP contribution in [0.25, 0.3) is 10.2 Å². The van der Waals surface area contributed by atoms with Gasteiger partial charge in [0, 0.05) is 6.54 Å². The second-order valence-electron chi connectivity index (χ2n) is 2.84. The largest absolute Gasteiger partial charge is 0.298 e. The molecule has 0 spiro atoms. The van der Waals surface area contributed by atoms with Crippen molar-refractivity contribution >= 4 is 21.6 Å². The minimum Gasteiger partial charge on any atom is -0.298 e. The normalized spacial score (nSPS) is 10.2. The van der Waals surface area contributed by atoms with Crippen LogP contribution in [0.3, 0.4) is 0 Å². The predicted molar refractivity (Wildman–Crippen MR) is 56.9 cm³/mol. The van der Waals surface area contributed by atoms with E-state index in [1.807, 2.05) is 24.3 Å². The minimum atomic E-state index is 0.371. The van der Waals surface area contributed by atoms with Gasteiger partial charge in [0.25, 0.3) is 0 Å². The van der Waals surface area contributed by atoms with E-state index < -0.39 is 0 Å². The quantitative estimate of drug-likeness (QED) is 0.612. The highest BCUT2D eigenvalue weighted by atomic mass is 32.1. The summed E-state index contributed by atoms with van der Waals surface area (Å²) in [6, 6.07) is 10.1. The average molecular weight is 203 g/mol. The summed E-state index contributed by atoms with van der Waals surface area (Å²) in [5.41, 5.74) is 1.03. The van der Waals surface area contributed by atoms with Crippen LogP contribution in [0.2, 0.25) is 0 Å². The van der Waals surface area contributed by atoms with Gasteiger partial charge in [0.05, 0.1) is 22.8 Å². The van der Waals surface area contributed by atoms with Crippen molar-refractivity contribution in [3.05, 3.63) is 29.3 Å². The first-order valence-electron chi connectivity index (χ1n) is 4.32. The standard InChI is InChI=1S/C10H9N3S/c11-5-6-12-7-10-13-8-3-1-2-4-9(8)14-10/h1-4,12H,6-7H2. The van der Waals surface area contributed by atoms with E-state index in [9.17, 15) is 0 Å². The van der Waals surface area contributed by atoms with Gasteiger partial charge in [-0.1, -0.05) is 12.1 Å². The van der Waals surface area contributed by atoms with Crippen molar-refractivity contribution in [3.8, 4) is 6.07 Å². The molecule has 1 N–H and O–H groups in total. The molecule has 0 aliphatic rings. The lowest BCUT2D eigenvalue weighted by Gasteiger charge is -1.92. The van der Waals surface area contributed by atoms with Gasteiger partial charge in [-0.25, -0.2) is 4.98 Å². The van der Waals surface area contributed by atoms with Crippen LogP contribution in [-0.4, -0.2) is 11.5 Å². The summed E-state index contributed by atoms with van der Waals surface area (Å²) in [6.45, 7) is 1.04. The zero-order valence-electron chi connectivity index (χ0n) is 7.53. The molecule has 1 aromatic heterocycles. The Bertz CT molecular complexity index is 436. The molecule has 0 radical (unpaired) electrons. The lowest BCUT2D eigenvalue weighted by Crippen LogP contribution is -2.12. The third-order valence-electron chi connectivity index (χ3n) is 1.82. The van der Waals surface area contributed by atoms with E-state index in [0.29, 0.717) is 13.1 Å². The highest BCUT2D eigenvalue weighted by Crippen LogP contribution is 2.20. The van der Waals surface area contributed by atoms with Gasteiger partial charge in [-0.3, -0.25) is 5.32 Å². The molecule has 0 aliphatic heterocycles. The molecule has 70 valence electrons. The number of rotatable bonds is 3. The number of hydrogen-bond donors (Lipinski definition) is 1. The number of nitrogens with zero attached hydrogens (tertiary/aromatic N) is 2. The predicted octanol–water partition coefficient (Wildman–Crippen LogP) is 1.91. The van der Waals surface area contributed by atoms with Crippen molar-refractivity contribution < 1.29 is 0 Å². The molecule has 3 nitrogen and oxygen atoms in total. The van der Waals surface area contributed by atoms with Crippen molar-refractivity contribution in [1.29, 1.82) is 5.26 Å². The van der Waals surface area contributed by atoms with Crippen LogP contribution in [0, 0.1) is 11.3 Å². The maximum absolute atomic E-state index is 8.35. The fraction of sp³-hybridized carbons (Fsp3) is 0.200. The number of thiazole rings is 1. The summed E-state index contributed by atoms with van der Waals surface area (Å²) in [4.78, 5) is 4.43. The highest BCUT2D eigenvalue weighted by Gasteiger charge is 2.01. The zero-order valence-corrected chi connectivity index (χ0v) is 8.34. The molecule has 0 fully saturated rings. The molecule has 0 atom stereocenters. The van der Waals surface area contributed by atoms with Gasteiger partial charge >= 0.3 is 0 Å². The van der Waals surface area contributed by atoms with Crippen molar-refractivity contribution in [1.82, 2.24) is 10.3 Å². The molecular formula is C10H9N3S. The van der Waals surface area contributed by atoms with E-state index in [0.717, 1.165) is 10.5 Å². The lowest BCUT2D eigenvalue weighted by molar-refractivity contribution is 0.762. The molecule has 0 saturated carbocycles. The van der Waals surface area contributed by atoms with E-state index in [2.05, 4.69) is 16.4 Å². The number of aromatic nitrogens is 1. The van der Waals surface area contributed by atoms with Crippen LogP contribution < -0.4 is 5.32 Å². The SMILES string of the molecule is N#CCNCc1nc2ccccc2s1. The molecule has 0 unspecified atom stereocenters. The zero-order chi connectivity index (χ0) is 9.80. The smallest absolute Gasteiger partial charge is 0.108 e. The minimum absolute atomic E-state index is 0.371. The van der Waals surface area contributed by atoms with Crippen molar-refractivity contribution in [2.75, 3.05) is 6.54 Å². The number of para-hydroxylation sites is 1. The molecule has 1 aromatic carbocycles. The summed E-state index contributed by atoms with van der Waals surface area (Å²) in [5.74, 6) is 0. The van der Waals surface area contributed by atoms with E-state index in [-0.39, 0.29) is 0 Å². The summed E-state index contributed by atoms with van der Waals surface area (Å²) >= 11 is 1.66. The number of benzene rings is 1. The summed E-state index contributed by atoms with van der Waals surface area (Å²) in [5, 5.41) is 12.4. The Morgan fingerprint density at radius 1 is 1.43 bits per heavy atom. The Labute approximate surface area is 86.0 Å². The molecule has 0 aliphatic carbocycles. The van der Waals surface area contributed by atoms with Crippen LogP contribution in [-0.2, 0) is 6.54 Å². The van der Waals surface area contributed by atoms with E-state index in [1.165, 1.54) is 4.70 Å². The molecule has 1 heterocycles. The maximum atomic E-state index is 8.35. The van der Waals surface area contributed by atoms with Crippen LogP contribution in [0.4, 0.5) is 0 Å². The second kappa shape index (κ2) is 4.18. The van der Waals surface area contributed by atoms with Gasteiger partial charge in [0.2, 0.25) is 0 Å².